The van der Waals surface area contributed by atoms with Gasteiger partial charge in [0, 0.05) is 11.1 Å². The van der Waals surface area contributed by atoms with Crippen LogP contribution in [-0.2, 0) is 9.84 Å². The molecule has 0 aromatic carbocycles. The highest BCUT2D eigenvalue weighted by molar-refractivity contribution is 9.09. The Bertz CT molecular complexity index is 261. The van der Waals surface area contributed by atoms with Crippen LogP contribution in [0.5, 0.6) is 0 Å². The van der Waals surface area contributed by atoms with Crippen LogP contribution in [0.3, 0.4) is 0 Å². The van der Waals surface area contributed by atoms with E-state index >= 15 is 0 Å². The van der Waals surface area contributed by atoms with Crippen molar-refractivity contribution in [2.45, 2.75) is 43.4 Å². The zero-order chi connectivity index (χ0) is 10.6. The Balaban J connectivity index is 2.41. The highest BCUT2D eigenvalue weighted by Gasteiger charge is 2.22. The van der Waals surface area contributed by atoms with E-state index in [2.05, 4.69) is 15.9 Å². The number of hydrogen-bond acceptors (Lipinski definition) is 2. The van der Waals surface area contributed by atoms with Gasteiger partial charge in [0.2, 0.25) is 0 Å². The molecule has 0 aromatic heterocycles. The zero-order valence-corrected chi connectivity index (χ0v) is 11.1. The normalized spacial score (nSPS) is 29.9. The molecule has 0 heterocycles. The topological polar surface area (TPSA) is 34.1 Å². The Morgan fingerprint density at radius 1 is 1.21 bits per heavy atom. The molecule has 1 saturated carbocycles. The van der Waals surface area contributed by atoms with E-state index in [1.54, 1.807) is 0 Å². The molecule has 14 heavy (non-hydrogen) atoms. The fourth-order valence-corrected chi connectivity index (χ4v) is 3.61. The van der Waals surface area contributed by atoms with Crippen molar-refractivity contribution in [2.24, 2.45) is 5.92 Å². The fourth-order valence-electron chi connectivity index (χ4n) is 2.03. The van der Waals surface area contributed by atoms with Crippen molar-refractivity contribution in [3.63, 3.8) is 0 Å². The number of sulfone groups is 1. The van der Waals surface area contributed by atoms with E-state index in [1.807, 2.05) is 0 Å². The van der Waals surface area contributed by atoms with Gasteiger partial charge in [0.05, 0.1) is 5.75 Å². The number of hydrogen-bond donors (Lipinski definition) is 0. The summed E-state index contributed by atoms with van der Waals surface area (Å²) in [5, 5.41) is 0. The molecule has 2 unspecified atom stereocenters. The predicted octanol–water partition coefficient (Wildman–Crippen LogP) is 2.76. The average Bonchev–Trinajstić information content (AvgIpc) is 2.25. The van der Waals surface area contributed by atoms with Gasteiger partial charge in [0.25, 0.3) is 0 Å². The Morgan fingerprint density at radius 2 is 1.86 bits per heavy atom. The maximum Gasteiger partial charge on any atom is 0.147 e. The van der Waals surface area contributed by atoms with Crippen molar-refractivity contribution in [1.29, 1.82) is 0 Å². The molecule has 1 rings (SSSR count). The minimum Gasteiger partial charge on any atom is -0.229 e. The molecule has 0 bridgehead atoms. The second-order valence-electron chi connectivity index (χ2n) is 4.33. The molecule has 1 aliphatic carbocycles. The number of rotatable bonds is 3. The van der Waals surface area contributed by atoms with Gasteiger partial charge in [-0.25, -0.2) is 8.42 Å². The van der Waals surface area contributed by atoms with Crippen molar-refractivity contribution < 1.29 is 8.42 Å². The molecule has 0 saturated heterocycles. The minimum absolute atomic E-state index is 0.347. The van der Waals surface area contributed by atoms with Gasteiger partial charge in [-0.15, -0.1) is 0 Å². The third kappa shape index (κ3) is 4.78. The van der Waals surface area contributed by atoms with Gasteiger partial charge in [0.15, 0.2) is 0 Å². The summed E-state index contributed by atoms with van der Waals surface area (Å²) < 4.78 is 22.1. The van der Waals surface area contributed by atoms with Crippen LogP contribution >= 0.6 is 15.9 Å². The molecule has 1 fully saturated rings. The summed E-state index contributed by atoms with van der Waals surface area (Å²) in [5.41, 5.74) is 0. The Kier molecular flexibility index (Phi) is 4.91. The largest absolute Gasteiger partial charge is 0.229 e. The summed E-state index contributed by atoms with van der Waals surface area (Å²) in [5.74, 6) is 0.909. The van der Waals surface area contributed by atoms with Crippen LogP contribution < -0.4 is 0 Å². The summed E-state index contributed by atoms with van der Waals surface area (Å²) in [6.07, 6.45) is 8.39. The van der Waals surface area contributed by atoms with Crippen LogP contribution in [0.2, 0.25) is 0 Å². The molecular weight excluding hydrogens is 264 g/mol. The molecule has 0 N–H and O–H groups in total. The molecule has 1 aliphatic rings. The second-order valence-corrected chi connectivity index (χ2v) is 7.77. The minimum atomic E-state index is -2.78. The summed E-state index contributed by atoms with van der Waals surface area (Å²) in [6, 6.07) is 0. The van der Waals surface area contributed by atoms with E-state index in [9.17, 15) is 8.42 Å². The maximum absolute atomic E-state index is 11.1. The Morgan fingerprint density at radius 3 is 2.50 bits per heavy atom. The van der Waals surface area contributed by atoms with E-state index < -0.39 is 9.84 Å². The van der Waals surface area contributed by atoms with Gasteiger partial charge in [0.1, 0.15) is 9.84 Å². The average molecular weight is 283 g/mol. The molecule has 0 spiro atoms. The van der Waals surface area contributed by atoms with Crippen LogP contribution in [0.25, 0.3) is 0 Å². The van der Waals surface area contributed by atoms with Crippen LogP contribution in [-0.4, -0.2) is 25.3 Å². The summed E-state index contributed by atoms with van der Waals surface area (Å²) in [6.45, 7) is 0. The van der Waals surface area contributed by atoms with E-state index in [1.165, 1.54) is 38.4 Å². The van der Waals surface area contributed by atoms with Gasteiger partial charge in [-0.1, -0.05) is 35.2 Å². The molecule has 4 heteroatoms. The third-order valence-electron chi connectivity index (χ3n) is 2.93. The van der Waals surface area contributed by atoms with Crippen LogP contribution in [0.4, 0.5) is 0 Å². The highest BCUT2D eigenvalue weighted by Crippen LogP contribution is 2.31. The van der Waals surface area contributed by atoms with Crippen molar-refractivity contribution in [3.8, 4) is 0 Å². The van der Waals surface area contributed by atoms with Crippen LogP contribution in [0.1, 0.15) is 38.5 Å². The van der Waals surface area contributed by atoms with Gasteiger partial charge in [-0.2, -0.15) is 0 Å². The molecule has 0 aliphatic heterocycles. The first-order valence-corrected chi connectivity index (χ1v) is 8.28. The lowest BCUT2D eigenvalue weighted by molar-refractivity contribution is 0.462. The first-order chi connectivity index (χ1) is 6.49. The lowest BCUT2D eigenvalue weighted by atomic mass is 9.98. The Hall–Kier alpha value is 0.430. The third-order valence-corrected chi connectivity index (χ3v) is 5.11. The first kappa shape index (κ1) is 12.5. The van der Waals surface area contributed by atoms with Crippen molar-refractivity contribution in [3.05, 3.63) is 0 Å². The Labute approximate surface area is 95.5 Å². The summed E-state index contributed by atoms with van der Waals surface area (Å²) >= 11 is 3.68. The summed E-state index contributed by atoms with van der Waals surface area (Å²) in [4.78, 5) is 0.534. The number of halogens is 1. The van der Waals surface area contributed by atoms with Crippen molar-refractivity contribution in [1.82, 2.24) is 0 Å². The smallest absolute Gasteiger partial charge is 0.147 e. The molecule has 0 amide bonds. The lowest BCUT2D eigenvalue weighted by Crippen LogP contribution is -2.17. The quantitative estimate of drug-likeness (QED) is 0.589. The van der Waals surface area contributed by atoms with E-state index in [-0.39, 0.29) is 0 Å². The van der Waals surface area contributed by atoms with Gasteiger partial charge in [-0.3, -0.25) is 0 Å². The van der Waals surface area contributed by atoms with Gasteiger partial charge >= 0.3 is 0 Å². The van der Waals surface area contributed by atoms with E-state index in [0.717, 1.165) is 6.42 Å². The highest BCUT2D eigenvalue weighted by atomic mass is 79.9. The standard InChI is InChI=1S/C10H19BrO2S/c1-14(12,13)8-7-9-5-3-2-4-6-10(9)11/h9-10H,2-8H2,1H3. The maximum atomic E-state index is 11.1. The van der Waals surface area contributed by atoms with Crippen LogP contribution in [0, 0.1) is 5.92 Å². The van der Waals surface area contributed by atoms with Gasteiger partial charge < -0.3 is 0 Å². The number of alkyl halides is 1. The molecule has 84 valence electrons. The molecule has 2 nitrogen and oxygen atoms in total. The van der Waals surface area contributed by atoms with Crippen molar-refractivity contribution >= 4 is 25.8 Å². The summed E-state index contributed by atoms with van der Waals surface area (Å²) in [7, 11) is -2.78. The fraction of sp³-hybridized carbons (Fsp3) is 1.00. The molecule has 2 atom stereocenters. The predicted molar refractivity (Wildman–Crippen MR) is 63.6 cm³/mol. The van der Waals surface area contributed by atoms with E-state index in [0.29, 0.717) is 16.5 Å². The van der Waals surface area contributed by atoms with Crippen molar-refractivity contribution in [2.75, 3.05) is 12.0 Å². The first-order valence-electron chi connectivity index (χ1n) is 5.31. The second kappa shape index (κ2) is 5.50. The van der Waals surface area contributed by atoms with Gasteiger partial charge in [-0.05, 0) is 25.2 Å². The van der Waals surface area contributed by atoms with Crippen LogP contribution in [0.15, 0.2) is 0 Å². The molecular formula is C10H19BrO2S. The van der Waals surface area contributed by atoms with E-state index in [4.69, 9.17) is 0 Å². The SMILES string of the molecule is CS(=O)(=O)CCC1CCCCCC1Br. The zero-order valence-electron chi connectivity index (χ0n) is 8.71. The molecule has 0 aromatic rings. The lowest BCUT2D eigenvalue weighted by Gasteiger charge is -2.18. The molecule has 0 radical (unpaired) electrons. The monoisotopic (exact) mass is 282 g/mol.